The molecule has 0 saturated carbocycles. The predicted octanol–water partition coefficient (Wildman–Crippen LogP) is -4.00. The van der Waals surface area contributed by atoms with E-state index in [-0.39, 0.29) is 29.6 Å². The van der Waals surface area contributed by atoms with E-state index in [0.29, 0.717) is 5.49 Å². The van der Waals surface area contributed by atoms with Crippen LogP contribution in [0.2, 0.25) is 0 Å². The van der Waals surface area contributed by atoms with Crippen molar-refractivity contribution in [1.82, 2.24) is 4.72 Å². The Bertz CT molecular complexity index is 151. The van der Waals surface area contributed by atoms with E-state index in [9.17, 15) is 13.0 Å². The van der Waals surface area contributed by atoms with Gasteiger partial charge in [0.15, 0.2) is 10.3 Å². The fraction of sp³-hybridized carbons (Fsp3) is 0. The molecule has 0 aromatic rings. The summed E-state index contributed by atoms with van der Waals surface area (Å²) >= 11 is 3.98. The van der Waals surface area contributed by atoms with Crippen molar-refractivity contribution >= 4 is 28.0 Å². The Labute approximate surface area is 74.8 Å². The van der Waals surface area contributed by atoms with Gasteiger partial charge in [0, 0.05) is 0 Å². The Kier molecular flexibility index (Phi) is 6.74. The van der Waals surface area contributed by atoms with Crippen LogP contribution in [0.4, 0.5) is 0 Å². The number of nitrogens with one attached hydrogen (secondary N) is 1. The largest absolute Gasteiger partial charge is 1.00 e. The molecule has 0 spiro atoms. The predicted molar refractivity (Wildman–Crippen MR) is 26.5 cm³/mol. The molecular weight excluding hydrogens is 161 g/mol. The van der Waals surface area contributed by atoms with Gasteiger partial charge < -0.3 is 4.55 Å². The first-order valence-electron chi connectivity index (χ1n) is 1.23. The van der Waals surface area contributed by atoms with Gasteiger partial charge in [-0.2, -0.15) is 0 Å². The van der Waals surface area contributed by atoms with Crippen molar-refractivity contribution < 1.29 is 42.5 Å². The van der Waals surface area contributed by atoms with E-state index in [1.165, 1.54) is 4.72 Å². The van der Waals surface area contributed by atoms with Crippen LogP contribution >= 0.6 is 12.2 Å². The molecule has 0 saturated heterocycles. The first-order chi connectivity index (χ1) is 3.06. The molecule has 0 amide bonds. The van der Waals surface area contributed by atoms with E-state index < -0.39 is 10.3 Å². The summed E-state index contributed by atoms with van der Waals surface area (Å²) in [6.07, 6.45) is 0. The Hall–Kier alpha value is 0.800. The van der Waals surface area contributed by atoms with Gasteiger partial charge in [-0.25, -0.2) is 8.42 Å². The molecule has 0 aromatic heterocycles. The second kappa shape index (κ2) is 4.66. The maximum atomic E-state index is 9.47. The molecule has 0 bridgehead atoms. The molecule has 0 aromatic carbocycles. The van der Waals surface area contributed by atoms with E-state index >= 15 is 0 Å². The smallest absolute Gasteiger partial charge is 0.731 e. The first kappa shape index (κ1) is 11.6. The van der Waals surface area contributed by atoms with Crippen LogP contribution < -0.4 is 34.3 Å². The molecule has 0 radical (unpaired) electrons. The van der Waals surface area contributed by atoms with Gasteiger partial charge in [-0.05, 0) is 0 Å². The van der Waals surface area contributed by atoms with Gasteiger partial charge in [-0.15, -0.1) is 0 Å². The van der Waals surface area contributed by atoms with Crippen LogP contribution in [0.1, 0.15) is 0 Å². The van der Waals surface area contributed by atoms with Gasteiger partial charge in [-0.3, -0.25) is 4.72 Å². The molecule has 0 fully saturated rings. The molecule has 0 atom stereocenters. The average Bonchev–Trinajstić information content (AvgIpc) is 1.30. The Morgan fingerprint density at radius 1 is 1.62 bits per heavy atom. The standard InChI is InChI=1S/CH3NO3S2.Na/c3-7(4,5)2-1-6;/h1H,(H,2,6)(H,3,4,5);/q;+1/p-1. The third-order valence-electron chi connectivity index (χ3n) is 0.192. The molecule has 0 aliphatic rings. The van der Waals surface area contributed by atoms with Gasteiger partial charge in [0.05, 0.1) is 5.49 Å². The monoisotopic (exact) mass is 163 g/mol. The molecule has 42 valence electrons. The zero-order valence-electron chi connectivity index (χ0n) is 4.12. The summed E-state index contributed by atoms with van der Waals surface area (Å²) in [6, 6.07) is 0. The van der Waals surface area contributed by atoms with Crippen molar-refractivity contribution in [3.63, 3.8) is 0 Å². The number of thiocarbonyl (C=S) groups is 1. The van der Waals surface area contributed by atoms with Crippen LogP contribution in [-0.4, -0.2) is 18.5 Å². The molecule has 7 heteroatoms. The van der Waals surface area contributed by atoms with Crippen LogP contribution in [0.15, 0.2) is 0 Å². The average molecular weight is 163 g/mol. The zero-order valence-corrected chi connectivity index (χ0v) is 7.75. The maximum Gasteiger partial charge on any atom is 1.00 e. The summed E-state index contributed by atoms with van der Waals surface area (Å²) in [5.41, 5.74) is 0.641. The van der Waals surface area contributed by atoms with Crippen molar-refractivity contribution in [2.75, 3.05) is 0 Å². The molecule has 0 rings (SSSR count). The maximum absolute atomic E-state index is 9.47. The summed E-state index contributed by atoms with van der Waals surface area (Å²) in [5.74, 6) is 0. The van der Waals surface area contributed by atoms with Crippen LogP contribution in [0.25, 0.3) is 0 Å². The number of hydrogen-bond donors (Lipinski definition) is 1. The van der Waals surface area contributed by atoms with Crippen molar-refractivity contribution in [1.29, 1.82) is 0 Å². The normalized spacial score (nSPS) is 9.12. The van der Waals surface area contributed by atoms with Crippen molar-refractivity contribution in [2.45, 2.75) is 0 Å². The summed E-state index contributed by atoms with van der Waals surface area (Å²) < 4.78 is 29.8. The molecular formula is CH2NNaO3S2. The summed E-state index contributed by atoms with van der Waals surface area (Å²) in [5, 5.41) is 0. The van der Waals surface area contributed by atoms with Gasteiger partial charge in [0.2, 0.25) is 0 Å². The Morgan fingerprint density at radius 2 is 2.00 bits per heavy atom. The van der Waals surface area contributed by atoms with Crippen LogP contribution in [-0.2, 0) is 10.3 Å². The minimum Gasteiger partial charge on any atom is -0.731 e. The molecule has 0 heterocycles. The second-order valence-corrected chi connectivity index (χ2v) is 2.07. The van der Waals surface area contributed by atoms with Crippen molar-refractivity contribution in [3.8, 4) is 0 Å². The minimum atomic E-state index is -4.33. The zero-order chi connectivity index (χ0) is 5.91. The summed E-state index contributed by atoms with van der Waals surface area (Å²) in [6.45, 7) is 0. The second-order valence-electron chi connectivity index (χ2n) is 0.690. The Balaban J connectivity index is 0. The molecule has 8 heavy (non-hydrogen) atoms. The quantitative estimate of drug-likeness (QED) is 0.256. The van der Waals surface area contributed by atoms with E-state index in [1.807, 2.05) is 0 Å². The fourth-order valence-corrected chi connectivity index (χ4v) is 0.530. The molecule has 1 N–H and O–H groups in total. The van der Waals surface area contributed by atoms with E-state index in [4.69, 9.17) is 0 Å². The minimum absolute atomic E-state index is 0. The molecule has 4 nitrogen and oxygen atoms in total. The van der Waals surface area contributed by atoms with Crippen LogP contribution in [0.3, 0.4) is 0 Å². The summed E-state index contributed by atoms with van der Waals surface area (Å²) in [7, 11) is -4.33. The third-order valence-corrected chi connectivity index (χ3v) is 0.866. The molecule has 0 aliphatic heterocycles. The van der Waals surface area contributed by atoms with E-state index in [0.717, 1.165) is 0 Å². The van der Waals surface area contributed by atoms with Gasteiger partial charge in [0.25, 0.3) is 0 Å². The van der Waals surface area contributed by atoms with Gasteiger partial charge in [0.1, 0.15) is 0 Å². The van der Waals surface area contributed by atoms with Crippen molar-refractivity contribution in [3.05, 3.63) is 0 Å². The molecule has 0 aliphatic carbocycles. The Morgan fingerprint density at radius 3 is 2.00 bits per heavy atom. The topological polar surface area (TPSA) is 69.2 Å². The van der Waals surface area contributed by atoms with Crippen LogP contribution in [0.5, 0.6) is 0 Å². The van der Waals surface area contributed by atoms with E-state index in [2.05, 4.69) is 12.2 Å². The fourth-order valence-electron chi connectivity index (χ4n) is 0.0589. The summed E-state index contributed by atoms with van der Waals surface area (Å²) in [4.78, 5) is 0. The van der Waals surface area contributed by atoms with E-state index in [1.54, 1.807) is 0 Å². The third kappa shape index (κ3) is 9.93. The van der Waals surface area contributed by atoms with Crippen LogP contribution in [0, 0.1) is 0 Å². The van der Waals surface area contributed by atoms with Gasteiger partial charge >= 0.3 is 29.6 Å². The van der Waals surface area contributed by atoms with Crippen molar-refractivity contribution in [2.24, 2.45) is 0 Å². The van der Waals surface area contributed by atoms with Gasteiger partial charge in [-0.1, -0.05) is 12.2 Å². The number of rotatable bonds is 2. The SMILES string of the molecule is O=S(=O)([O-])NC=S.[Na+]. The molecule has 0 unspecified atom stereocenters. The first-order valence-corrected chi connectivity index (χ1v) is 3.11. The number of hydrogen-bond acceptors (Lipinski definition) is 4.